The molecule has 0 bridgehead atoms. The highest BCUT2D eigenvalue weighted by molar-refractivity contribution is 7.99. The lowest BCUT2D eigenvalue weighted by Crippen LogP contribution is -2.20. The summed E-state index contributed by atoms with van der Waals surface area (Å²) in [6.45, 7) is 1.99. The van der Waals surface area contributed by atoms with Crippen molar-refractivity contribution in [3.05, 3.63) is 64.2 Å². The van der Waals surface area contributed by atoms with Gasteiger partial charge in [-0.05, 0) is 35.6 Å². The highest BCUT2D eigenvalue weighted by atomic mass is 35.5. The first kappa shape index (κ1) is 20.3. The summed E-state index contributed by atoms with van der Waals surface area (Å²) in [6.07, 6.45) is -3.47. The molecule has 2 aromatic rings. The average molecular weight is 401 g/mol. The van der Waals surface area contributed by atoms with Crippen molar-refractivity contribution in [2.24, 2.45) is 5.10 Å². The summed E-state index contributed by atoms with van der Waals surface area (Å²) in [5.74, 6) is 0.397. The van der Waals surface area contributed by atoms with Gasteiger partial charge in [0.05, 0.1) is 18.2 Å². The van der Waals surface area contributed by atoms with E-state index in [0.29, 0.717) is 5.02 Å². The zero-order chi connectivity index (χ0) is 19.2. The van der Waals surface area contributed by atoms with E-state index < -0.39 is 17.6 Å². The van der Waals surface area contributed by atoms with Crippen molar-refractivity contribution in [3.63, 3.8) is 0 Å². The van der Waals surface area contributed by atoms with Gasteiger partial charge < -0.3 is 0 Å². The molecule has 0 aliphatic heterocycles. The van der Waals surface area contributed by atoms with E-state index in [1.165, 1.54) is 18.2 Å². The number of carbonyl (C=O) groups excluding carboxylic acids is 1. The Balaban J connectivity index is 2.06. The van der Waals surface area contributed by atoms with Gasteiger partial charge in [0, 0.05) is 15.5 Å². The van der Waals surface area contributed by atoms with E-state index in [2.05, 4.69) is 10.5 Å². The first-order chi connectivity index (χ1) is 12.3. The minimum atomic E-state index is -4.49. The molecule has 1 N–H and O–H groups in total. The summed E-state index contributed by atoms with van der Waals surface area (Å²) >= 11 is 7.54. The minimum Gasteiger partial charge on any atom is -0.273 e. The van der Waals surface area contributed by atoms with Crippen LogP contribution in [0.2, 0.25) is 5.02 Å². The third-order valence-corrected chi connectivity index (χ3v) is 4.57. The molecule has 0 radical (unpaired) electrons. The normalized spacial score (nSPS) is 11.7. The molecule has 26 heavy (non-hydrogen) atoms. The topological polar surface area (TPSA) is 41.5 Å². The second-order valence-corrected chi connectivity index (χ2v) is 6.98. The number of hydrazone groups is 1. The molecule has 0 aliphatic carbocycles. The molecule has 0 saturated heterocycles. The highest BCUT2D eigenvalue weighted by Gasteiger charge is 2.32. The molecular formula is C18H16ClF3N2OS. The lowest BCUT2D eigenvalue weighted by molar-refractivity contribution is -0.137. The van der Waals surface area contributed by atoms with Gasteiger partial charge in [-0.2, -0.15) is 18.3 Å². The Morgan fingerprint density at radius 1 is 1.27 bits per heavy atom. The second-order valence-electron chi connectivity index (χ2n) is 5.24. The number of hydrogen-bond donors (Lipinski definition) is 1. The molecule has 0 saturated carbocycles. The van der Waals surface area contributed by atoms with Gasteiger partial charge in [0.1, 0.15) is 0 Å². The Hall–Kier alpha value is -1.99. The number of amides is 1. The predicted molar refractivity (Wildman–Crippen MR) is 98.7 cm³/mol. The molecule has 3 nitrogen and oxygen atoms in total. The molecule has 0 aromatic heterocycles. The lowest BCUT2D eigenvalue weighted by atomic mass is 10.1. The average Bonchev–Trinajstić information content (AvgIpc) is 2.57. The third-order valence-electron chi connectivity index (χ3n) is 3.33. The van der Waals surface area contributed by atoms with E-state index >= 15 is 0 Å². The Kier molecular flexibility index (Phi) is 7.11. The van der Waals surface area contributed by atoms with Gasteiger partial charge in [-0.1, -0.05) is 36.7 Å². The van der Waals surface area contributed by atoms with Gasteiger partial charge >= 0.3 is 6.18 Å². The molecule has 2 aromatic carbocycles. The van der Waals surface area contributed by atoms with E-state index in [4.69, 9.17) is 11.6 Å². The van der Waals surface area contributed by atoms with Crippen LogP contribution in [0, 0.1) is 0 Å². The summed E-state index contributed by atoms with van der Waals surface area (Å²) in [5.41, 5.74) is 2.07. The van der Waals surface area contributed by atoms with E-state index in [-0.39, 0.29) is 12.0 Å². The van der Waals surface area contributed by atoms with Crippen LogP contribution < -0.4 is 5.43 Å². The smallest absolute Gasteiger partial charge is 0.273 e. The Morgan fingerprint density at radius 3 is 2.69 bits per heavy atom. The SMILES string of the molecule is CCSc1ccc(Cl)cc1CC(=O)N/N=C\c1ccccc1C(F)(F)F. The van der Waals surface area contributed by atoms with Crippen LogP contribution in [0.5, 0.6) is 0 Å². The molecule has 0 atom stereocenters. The maximum absolute atomic E-state index is 12.9. The zero-order valence-corrected chi connectivity index (χ0v) is 15.4. The van der Waals surface area contributed by atoms with Gasteiger partial charge in [-0.15, -0.1) is 11.8 Å². The fourth-order valence-corrected chi connectivity index (χ4v) is 3.22. The number of alkyl halides is 3. The molecule has 0 heterocycles. The first-order valence-corrected chi connectivity index (χ1v) is 9.07. The van der Waals surface area contributed by atoms with E-state index in [0.717, 1.165) is 28.5 Å². The number of benzene rings is 2. The summed E-state index contributed by atoms with van der Waals surface area (Å²) in [7, 11) is 0. The van der Waals surface area contributed by atoms with Crippen LogP contribution in [-0.4, -0.2) is 17.9 Å². The van der Waals surface area contributed by atoms with Crippen LogP contribution in [0.25, 0.3) is 0 Å². The summed E-state index contributed by atoms with van der Waals surface area (Å²) in [5, 5.41) is 4.16. The maximum atomic E-state index is 12.9. The number of hydrogen-bond acceptors (Lipinski definition) is 3. The number of thioether (sulfide) groups is 1. The Labute approximate surface area is 158 Å². The Bertz CT molecular complexity index is 809. The minimum absolute atomic E-state index is 0.0289. The van der Waals surface area contributed by atoms with Gasteiger partial charge in [0.2, 0.25) is 5.91 Å². The van der Waals surface area contributed by atoms with Crippen LogP contribution in [0.4, 0.5) is 13.2 Å². The fraction of sp³-hybridized carbons (Fsp3) is 0.222. The quantitative estimate of drug-likeness (QED) is 0.413. The molecule has 0 fully saturated rings. The Morgan fingerprint density at radius 2 is 2.00 bits per heavy atom. The first-order valence-electron chi connectivity index (χ1n) is 7.70. The summed E-state index contributed by atoms with van der Waals surface area (Å²) in [6, 6.07) is 10.3. The molecule has 1 amide bonds. The van der Waals surface area contributed by atoms with E-state index in [1.807, 2.05) is 13.0 Å². The van der Waals surface area contributed by atoms with Crippen LogP contribution in [0.3, 0.4) is 0 Å². The number of carbonyl (C=O) groups is 1. The van der Waals surface area contributed by atoms with Gasteiger partial charge in [0.15, 0.2) is 0 Å². The fourth-order valence-electron chi connectivity index (χ4n) is 2.24. The van der Waals surface area contributed by atoms with Gasteiger partial charge in [-0.3, -0.25) is 4.79 Å². The van der Waals surface area contributed by atoms with Crippen molar-refractivity contribution in [3.8, 4) is 0 Å². The lowest BCUT2D eigenvalue weighted by Gasteiger charge is -2.09. The highest BCUT2D eigenvalue weighted by Crippen LogP contribution is 2.31. The maximum Gasteiger partial charge on any atom is 0.417 e. The number of rotatable bonds is 6. The van der Waals surface area contributed by atoms with Crippen molar-refractivity contribution < 1.29 is 18.0 Å². The van der Waals surface area contributed by atoms with Crippen LogP contribution in [-0.2, 0) is 17.4 Å². The third kappa shape index (κ3) is 5.78. The van der Waals surface area contributed by atoms with Crippen molar-refractivity contribution in [2.45, 2.75) is 24.4 Å². The van der Waals surface area contributed by atoms with Crippen molar-refractivity contribution in [2.75, 3.05) is 5.75 Å². The van der Waals surface area contributed by atoms with Crippen LogP contribution >= 0.6 is 23.4 Å². The molecule has 0 spiro atoms. The molecule has 138 valence electrons. The van der Waals surface area contributed by atoms with Crippen LogP contribution in [0.1, 0.15) is 23.6 Å². The standard InChI is InChI=1S/C18H16ClF3N2OS/c1-2-26-16-8-7-14(19)9-13(16)10-17(25)24-23-11-12-5-3-4-6-15(12)18(20,21)22/h3-9,11H,2,10H2,1H3,(H,24,25)/b23-11-. The molecule has 8 heteroatoms. The summed E-state index contributed by atoms with van der Waals surface area (Å²) < 4.78 is 38.7. The number of halogens is 4. The molecular weight excluding hydrogens is 385 g/mol. The molecule has 2 rings (SSSR count). The van der Waals surface area contributed by atoms with Crippen molar-refractivity contribution >= 4 is 35.5 Å². The van der Waals surface area contributed by atoms with Gasteiger partial charge in [-0.25, -0.2) is 5.43 Å². The van der Waals surface area contributed by atoms with Crippen molar-refractivity contribution in [1.29, 1.82) is 0 Å². The molecule has 0 aliphatic rings. The summed E-state index contributed by atoms with van der Waals surface area (Å²) in [4.78, 5) is 13.0. The van der Waals surface area contributed by atoms with E-state index in [1.54, 1.807) is 23.9 Å². The largest absolute Gasteiger partial charge is 0.417 e. The second kappa shape index (κ2) is 9.09. The monoisotopic (exact) mass is 400 g/mol. The zero-order valence-electron chi connectivity index (χ0n) is 13.8. The molecule has 0 unspecified atom stereocenters. The predicted octanol–water partition coefficient (Wildman–Crippen LogP) is 5.16. The van der Waals surface area contributed by atoms with E-state index in [9.17, 15) is 18.0 Å². The number of nitrogens with one attached hydrogen (secondary N) is 1. The van der Waals surface area contributed by atoms with Gasteiger partial charge in [0.25, 0.3) is 0 Å². The van der Waals surface area contributed by atoms with Crippen LogP contribution in [0.15, 0.2) is 52.5 Å². The number of nitrogens with zero attached hydrogens (tertiary/aromatic N) is 1. The van der Waals surface area contributed by atoms with Crippen molar-refractivity contribution in [1.82, 2.24) is 5.43 Å².